The van der Waals surface area contributed by atoms with Gasteiger partial charge in [0, 0.05) is 25.1 Å². The lowest BCUT2D eigenvalue weighted by atomic mass is 10.2. The quantitative estimate of drug-likeness (QED) is 0.796. The summed E-state index contributed by atoms with van der Waals surface area (Å²) in [6, 6.07) is 8.79. The fourth-order valence-electron chi connectivity index (χ4n) is 2.83. The van der Waals surface area contributed by atoms with Crippen molar-refractivity contribution in [1.82, 2.24) is 4.90 Å². The maximum Gasteiger partial charge on any atom is 0.339 e. The van der Waals surface area contributed by atoms with Gasteiger partial charge in [-0.2, -0.15) is 0 Å². The van der Waals surface area contributed by atoms with E-state index in [-0.39, 0.29) is 17.6 Å². The zero-order chi connectivity index (χ0) is 17.8. The lowest BCUT2D eigenvalue weighted by molar-refractivity contribution is 0.0693. The molecule has 0 bridgehead atoms. The molecule has 1 fully saturated rings. The van der Waals surface area contributed by atoms with Crippen molar-refractivity contribution in [3.05, 3.63) is 53.5 Å². The summed E-state index contributed by atoms with van der Waals surface area (Å²) in [4.78, 5) is 26.6. The Morgan fingerprint density at radius 2 is 2.12 bits per heavy atom. The van der Waals surface area contributed by atoms with Gasteiger partial charge in [-0.1, -0.05) is 12.1 Å². The first-order chi connectivity index (χ1) is 12.1. The molecular formula is C18H19NO5S. The summed E-state index contributed by atoms with van der Waals surface area (Å²) in [6.07, 6.45) is 2.29. The van der Waals surface area contributed by atoms with Crippen molar-refractivity contribution in [1.29, 1.82) is 0 Å². The van der Waals surface area contributed by atoms with Crippen LogP contribution in [0.2, 0.25) is 0 Å². The van der Waals surface area contributed by atoms with Crippen molar-refractivity contribution >= 4 is 23.6 Å². The van der Waals surface area contributed by atoms with Crippen LogP contribution in [0.4, 0.5) is 0 Å². The lowest BCUT2D eigenvalue weighted by Gasteiger charge is -2.18. The number of thioether (sulfide) groups is 1. The average Bonchev–Trinajstić information content (AvgIpc) is 3.28. The molecule has 132 valence electrons. The van der Waals surface area contributed by atoms with Gasteiger partial charge in [0.2, 0.25) is 0 Å². The van der Waals surface area contributed by atoms with Crippen LogP contribution in [0.1, 0.15) is 32.9 Å². The number of carbonyl (C=O) groups is 2. The van der Waals surface area contributed by atoms with E-state index in [1.807, 2.05) is 18.2 Å². The van der Waals surface area contributed by atoms with Gasteiger partial charge in [0.1, 0.15) is 11.3 Å². The van der Waals surface area contributed by atoms with Gasteiger partial charge in [-0.25, -0.2) is 4.79 Å². The lowest BCUT2D eigenvalue weighted by Crippen LogP contribution is -2.30. The Kier molecular flexibility index (Phi) is 5.45. The SMILES string of the molecule is CO[C@H]1CCN(C(=O)c2ccccc2SCc2occc2C(=O)O)C1. The van der Waals surface area contributed by atoms with E-state index in [1.54, 1.807) is 18.1 Å². The van der Waals surface area contributed by atoms with Crippen molar-refractivity contribution in [3.63, 3.8) is 0 Å². The second kappa shape index (κ2) is 7.76. The van der Waals surface area contributed by atoms with Crippen molar-refractivity contribution in [2.45, 2.75) is 23.2 Å². The predicted molar refractivity (Wildman–Crippen MR) is 93.0 cm³/mol. The van der Waals surface area contributed by atoms with Crippen LogP contribution >= 0.6 is 11.8 Å². The number of nitrogens with zero attached hydrogens (tertiary/aromatic N) is 1. The number of amides is 1. The molecule has 0 spiro atoms. The minimum absolute atomic E-state index is 0.0273. The van der Waals surface area contributed by atoms with Crippen LogP contribution in [0, 0.1) is 0 Å². The molecule has 1 aliphatic rings. The van der Waals surface area contributed by atoms with Crippen LogP contribution < -0.4 is 0 Å². The Labute approximate surface area is 149 Å². The summed E-state index contributed by atoms with van der Waals surface area (Å²) < 4.78 is 10.6. The monoisotopic (exact) mass is 361 g/mol. The average molecular weight is 361 g/mol. The Morgan fingerprint density at radius 1 is 1.32 bits per heavy atom. The number of rotatable bonds is 6. The van der Waals surface area contributed by atoms with E-state index in [0.29, 0.717) is 30.2 Å². The number of carboxylic acids is 1. The van der Waals surface area contributed by atoms with Crippen molar-refractivity contribution in [3.8, 4) is 0 Å². The van der Waals surface area contributed by atoms with E-state index >= 15 is 0 Å². The van der Waals surface area contributed by atoms with Gasteiger partial charge >= 0.3 is 5.97 Å². The minimum Gasteiger partial charge on any atom is -0.478 e. The van der Waals surface area contributed by atoms with Crippen LogP contribution in [0.25, 0.3) is 0 Å². The largest absolute Gasteiger partial charge is 0.478 e. The number of furan rings is 1. The summed E-state index contributed by atoms with van der Waals surface area (Å²) in [7, 11) is 1.66. The smallest absolute Gasteiger partial charge is 0.339 e. The molecule has 25 heavy (non-hydrogen) atoms. The van der Waals surface area contributed by atoms with Gasteiger partial charge in [0.05, 0.1) is 23.7 Å². The molecule has 6 nitrogen and oxygen atoms in total. The molecule has 2 heterocycles. The molecule has 0 aliphatic carbocycles. The van der Waals surface area contributed by atoms with E-state index in [9.17, 15) is 9.59 Å². The number of hydrogen-bond acceptors (Lipinski definition) is 5. The number of likely N-dealkylation sites (tertiary alicyclic amines) is 1. The second-order valence-corrected chi connectivity index (χ2v) is 6.76. The summed E-state index contributed by atoms with van der Waals surface area (Å²) in [5, 5.41) is 9.14. The Morgan fingerprint density at radius 3 is 2.84 bits per heavy atom. The maximum absolute atomic E-state index is 12.8. The molecule has 1 aliphatic heterocycles. The number of hydrogen-bond donors (Lipinski definition) is 1. The first-order valence-electron chi connectivity index (χ1n) is 7.93. The topological polar surface area (TPSA) is 80.0 Å². The normalized spacial score (nSPS) is 17.0. The van der Waals surface area contributed by atoms with Crippen LogP contribution in [-0.2, 0) is 10.5 Å². The Bertz CT molecular complexity index is 772. The Hall–Kier alpha value is -2.25. The van der Waals surface area contributed by atoms with Gasteiger partial charge in [-0.15, -0.1) is 11.8 Å². The third-order valence-corrected chi connectivity index (χ3v) is 5.29. The van der Waals surface area contributed by atoms with Crippen molar-refractivity contribution in [2.24, 2.45) is 0 Å². The summed E-state index contributed by atoms with van der Waals surface area (Å²) in [5.41, 5.74) is 0.770. The summed E-state index contributed by atoms with van der Waals surface area (Å²) >= 11 is 1.39. The number of methoxy groups -OCH3 is 1. The van der Waals surface area contributed by atoms with E-state index in [4.69, 9.17) is 14.3 Å². The Balaban J connectivity index is 1.74. The molecule has 3 rings (SSSR count). The van der Waals surface area contributed by atoms with Crippen molar-refractivity contribution in [2.75, 3.05) is 20.2 Å². The molecule has 1 N–H and O–H groups in total. The highest BCUT2D eigenvalue weighted by Crippen LogP contribution is 2.29. The maximum atomic E-state index is 12.8. The molecule has 2 aromatic rings. The van der Waals surface area contributed by atoms with Crippen LogP contribution in [-0.4, -0.2) is 48.2 Å². The highest BCUT2D eigenvalue weighted by Gasteiger charge is 2.28. The van der Waals surface area contributed by atoms with Gasteiger partial charge in [-0.3, -0.25) is 4.79 Å². The number of carbonyl (C=O) groups excluding carboxylic acids is 1. The first-order valence-corrected chi connectivity index (χ1v) is 8.92. The minimum atomic E-state index is -1.02. The van der Waals surface area contributed by atoms with E-state index < -0.39 is 5.97 Å². The van der Waals surface area contributed by atoms with Gasteiger partial charge in [0.15, 0.2) is 0 Å². The molecule has 0 radical (unpaired) electrons. The highest BCUT2D eigenvalue weighted by atomic mass is 32.2. The summed E-state index contributed by atoms with van der Waals surface area (Å²) in [5.74, 6) is -0.308. The van der Waals surface area contributed by atoms with Crippen molar-refractivity contribution < 1.29 is 23.8 Å². The third-order valence-electron chi connectivity index (χ3n) is 4.22. The predicted octanol–water partition coefficient (Wildman–Crippen LogP) is 3.13. The standard InChI is InChI=1S/C18H19NO5S/c1-23-12-6-8-19(10-12)17(20)14-4-2-3-5-16(14)25-11-15-13(18(21)22)7-9-24-15/h2-5,7,9,12H,6,8,10-11H2,1H3,(H,21,22)/t12-/m0/s1. The molecule has 7 heteroatoms. The zero-order valence-electron chi connectivity index (χ0n) is 13.8. The molecule has 1 atom stereocenters. The molecule has 0 unspecified atom stereocenters. The van der Waals surface area contributed by atoms with Crippen LogP contribution in [0.3, 0.4) is 0 Å². The highest BCUT2D eigenvalue weighted by molar-refractivity contribution is 7.98. The van der Waals surface area contributed by atoms with Gasteiger partial charge < -0.3 is 19.2 Å². The fraction of sp³-hybridized carbons (Fsp3) is 0.333. The number of benzene rings is 1. The first kappa shape index (κ1) is 17.6. The van der Waals surface area contributed by atoms with Gasteiger partial charge in [-0.05, 0) is 24.6 Å². The van der Waals surface area contributed by atoms with Crippen LogP contribution in [0.15, 0.2) is 45.9 Å². The molecule has 0 saturated carbocycles. The van der Waals surface area contributed by atoms with E-state index in [0.717, 1.165) is 11.3 Å². The van der Waals surface area contributed by atoms with Gasteiger partial charge in [0.25, 0.3) is 5.91 Å². The molecule has 1 aromatic heterocycles. The fourth-order valence-corrected chi connectivity index (χ4v) is 3.83. The zero-order valence-corrected chi connectivity index (χ0v) is 14.6. The number of carboxylic acid groups (broad SMARTS) is 1. The molecular weight excluding hydrogens is 342 g/mol. The second-order valence-electron chi connectivity index (χ2n) is 5.74. The number of ether oxygens (including phenoxy) is 1. The number of aromatic carboxylic acids is 1. The summed E-state index contributed by atoms with van der Waals surface area (Å²) in [6.45, 7) is 1.27. The van der Waals surface area contributed by atoms with Crippen LogP contribution in [0.5, 0.6) is 0 Å². The molecule has 1 aromatic carbocycles. The molecule has 1 amide bonds. The van der Waals surface area contributed by atoms with E-state index in [2.05, 4.69) is 0 Å². The molecule has 1 saturated heterocycles. The van der Waals surface area contributed by atoms with E-state index in [1.165, 1.54) is 24.1 Å². The third kappa shape index (κ3) is 3.88.